The van der Waals surface area contributed by atoms with Crippen LogP contribution >= 0.6 is 0 Å². The Morgan fingerprint density at radius 1 is 1.20 bits per heavy atom. The van der Waals surface area contributed by atoms with Gasteiger partial charge in [0.15, 0.2) is 11.6 Å². The smallest absolute Gasteiger partial charge is 0.391 e. The summed E-state index contributed by atoms with van der Waals surface area (Å²) in [5.74, 6) is 4.78. The van der Waals surface area contributed by atoms with Gasteiger partial charge >= 0.3 is 6.18 Å². The lowest BCUT2D eigenvalue weighted by molar-refractivity contribution is -0.183. The summed E-state index contributed by atoms with van der Waals surface area (Å²) < 4.78 is 38.4. The van der Waals surface area contributed by atoms with Crippen LogP contribution in [0.4, 0.5) is 30.5 Å². The van der Waals surface area contributed by atoms with E-state index in [-0.39, 0.29) is 30.2 Å². The Labute approximate surface area is 114 Å². The molecule has 1 aliphatic rings. The van der Waals surface area contributed by atoms with Gasteiger partial charge in [-0.25, -0.2) is 15.8 Å². The van der Waals surface area contributed by atoms with E-state index in [4.69, 9.17) is 17.3 Å². The molecule has 112 valence electrons. The number of hydrazine groups is 1. The maximum atomic E-state index is 12.8. The highest BCUT2D eigenvalue weighted by molar-refractivity contribution is 5.72. The second kappa shape index (κ2) is 5.31. The molecule has 2 rings (SSSR count). The molecule has 1 saturated carbocycles. The largest absolute Gasteiger partial charge is 0.393 e. The Hall–Kier alpha value is -1.77. The molecule has 20 heavy (non-hydrogen) atoms. The number of anilines is 3. The van der Waals surface area contributed by atoms with E-state index in [0.717, 1.165) is 0 Å². The lowest BCUT2D eigenvalue weighted by Crippen LogP contribution is -2.46. The minimum atomic E-state index is -4.20. The number of nitrogens with zero attached hydrogens (tertiary/aromatic N) is 3. The van der Waals surface area contributed by atoms with E-state index in [2.05, 4.69) is 9.97 Å². The third-order valence-corrected chi connectivity index (χ3v) is 3.64. The van der Waals surface area contributed by atoms with Gasteiger partial charge in [-0.3, -0.25) is 5.01 Å². The molecule has 1 fully saturated rings. The lowest BCUT2D eigenvalue weighted by Gasteiger charge is -2.36. The monoisotopic (exact) mass is 290 g/mol. The molecule has 0 bridgehead atoms. The first kappa shape index (κ1) is 14.6. The van der Waals surface area contributed by atoms with Gasteiger partial charge in [0.05, 0.1) is 5.92 Å². The summed E-state index contributed by atoms with van der Waals surface area (Å²) in [6, 6.07) is -0.466. The Morgan fingerprint density at radius 3 is 2.55 bits per heavy atom. The van der Waals surface area contributed by atoms with Crippen molar-refractivity contribution in [3.8, 4) is 0 Å². The first-order valence-corrected chi connectivity index (χ1v) is 6.27. The third-order valence-electron chi connectivity index (χ3n) is 3.64. The second-order valence-electron chi connectivity index (χ2n) is 4.96. The third kappa shape index (κ3) is 2.87. The molecule has 1 aromatic rings. The summed E-state index contributed by atoms with van der Waals surface area (Å²) in [5, 5.41) is 1.19. The highest BCUT2D eigenvalue weighted by atomic mass is 19.4. The average Bonchev–Trinajstić information content (AvgIpc) is 2.40. The molecule has 9 heteroatoms. The van der Waals surface area contributed by atoms with E-state index in [0.29, 0.717) is 12.8 Å². The van der Waals surface area contributed by atoms with Gasteiger partial charge < -0.3 is 11.5 Å². The van der Waals surface area contributed by atoms with E-state index in [1.165, 1.54) is 11.3 Å². The Balaban J connectivity index is 2.16. The van der Waals surface area contributed by atoms with Gasteiger partial charge in [-0.1, -0.05) is 6.42 Å². The maximum absolute atomic E-state index is 12.8. The van der Waals surface area contributed by atoms with Crippen molar-refractivity contribution in [3.05, 3.63) is 6.33 Å². The molecule has 6 nitrogen and oxygen atoms in total. The van der Waals surface area contributed by atoms with Crippen LogP contribution in [0.2, 0.25) is 0 Å². The van der Waals surface area contributed by atoms with Gasteiger partial charge in [0.2, 0.25) is 0 Å². The van der Waals surface area contributed by atoms with Crippen molar-refractivity contribution in [3.63, 3.8) is 0 Å². The molecule has 1 aromatic heterocycles. The number of hydrogen-bond donors (Lipinski definition) is 3. The molecule has 0 amide bonds. The van der Waals surface area contributed by atoms with Gasteiger partial charge in [0.25, 0.3) is 0 Å². The highest BCUT2D eigenvalue weighted by Crippen LogP contribution is 2.39. The number of hydrogen-bond acceptors (Lipinski definition) is 6. The summed E-state index contributed by atoms with van der Waals surface area (Å²) in [6.07, 6.45) is -1.92. The molecular formula is C11H17F3N6. The summed E-state index contributed by atoms with van der Waals surface area (Å²) in [7, 11) is 0. The molecule has 1 aliphatic carbocycles. The Bertz CT molecular complexity index is 478. The van der Waals surface area contributed by atoms with Crippen LogP contribution in [0, 0.1) is 5.92 Å². The number of nitrogen functional groups attached to an aromatic ring is 2. The van der Waals surface area contributed by atoms with Crippen molar-refractivity contribution < 1.29 is 13.2 Å². The first-order valence-electron chi connectivity index (χ1n) is 6.27. The predicted molar refractivity (Wildman–Crippen MR) is 69.3 cm³/mol. The number of nitrogens with two attached hydrogens (primary N) is 3. The average molecular weight is 290 g/mol. The molecule has 0 saturated heterocycles. The fourth-order valence-corrected chi connectivity index (χ4v) is 2.49. The molecule has 0 radical (unpaired) electrons. The van der Waals surface area contributed by atoms with Crippen molar-refractivity contribution >= 4 is 17.3 Å². The van der Waals surface area contributed by atoms with E-state index < -0.39 is 18.1 Å². The van der Waals surface area contributed by atoms with Crippen LogP contribution in [0.25, 0.3) is 0 Å². The summed E-state index contributed by atoms with van der Waals surface area (Å²) in [4.78, 5) is 7.61. The van der Waals surface area contributed by atoms with Gasteiger partial charge in [-0.05, 0) is 19.3 Å². The Kier molecular flexibility index (Phi) is 3.89. The minimum Gasteiger partial charge on any atom is -0.393 e. The van der Waals surface area contributed by atoms with Crippen molar-refractivity contribution in [1.29, 1.82) is 0 Å². The summed E-state index contributed by atoms with van der Waals surface area (Å²) >= 11 is 0. The van der Waals surface area contributed by atoms with Crippen molar-refractivity contribution in [2.45, 2.75) is 37.9 Å². The normalized spacial score (nSPS) is 23.6. The van der Waals surface area contributed by atoms with Crippen molar-refractivity contribution in [2.24, 2.45) is 11.8 Å². The number of aromatic nitrogens is 2. The first-order chi connectivity index (χ1) is 9.30. The number of rotatable bonds is 2. The summed E-state index contributed by atoms with van der Waals surface area (Å²) in [5.41, 5.74) is 11.4. The zero-order chi connectivity index (χ0) is 14.9. The summed E-state index contributed by atoms with van der Waals surface area (Å²) in [6.45, 7) is 0. The standard InChI is InChI=1S/C11H17F3N6/c12-11(13,14)6-2-1-3-7(4-6)20(17)10-8(15)9(16)18-5-19-10/h5-7H,1-4,15,17H2,(H2,16,18,19). The van der Waals surface area contributed by atoms with E-state index in [1.807, 2.05) is 0 Å². The molecule has 1 heterocycles. The zero-order valence-electron chi connectivity index (χ0n) is 10.8. The molecule has 2 unspecified atom stereocenters. The molecule has 0 aromatic carbocycles. The zero-order valence-corrected chi connectivity index (χ0v) is 10.8. The van der Waals surface area contributed by atoms with Gasteiger partial charge in [0.1, 0.15) is 12.0 Å². The topological polar surface area (TPSA) is 107 Å². The number of halogens is 3. The number of alkyl halides is 3. The minimum absolute atomic E-state index is 0.0635. The molecule has 0 spiro atoms. The van der Waals surface area contributed by atoms with Crippen molar-refractivity contribution in [1.82, 2.24) is 9.97 Å². The molecule has 6 N–H and O–H groups in total. The van der Waals surface area contributed by atoms with Crippen LogP contribution in [-0.2, 0) is 0 Å². The van der Waals surface area contributed by atoms with Gasteiger partial charge in [0, 0.05) is 6.04 Å². The molecule has 2 atom stereocenters. The van der Waals surface area contributed by atoms with E-state index in [9.17, 15) is 13.2 Å². The molecular weight excluding hydrogens is 273 g/mol. The van der Waals surface area contributed by atoms with E-state index >= 15 is 0 Å². The van der Waals surface area contributed by atoms with Crippen LogP contribution in [-0.4, -0.2) is 22.2 Å². The quantitative estimate of drug-likeness (QED) is 0.562. The van der Waals surface area contributed by atoms with Crippen LogP contribution in [0.1, 0.15) is 25.7 Å². The lowest BCUT2D eigenvalue weighted by atomic mass is 9.85. The van der Waals surface area contributed by atoms with Crippen LogP contribution < -0.4 is 22.3 Å². The predicted octanol–water partition coefficient (Wildman–Crippen LogP) is 1.44. The SMILES string of the molecule is Nc1ncnc(N(N)C2CCCC(C(F)(F)F)C2)c1N. The Morgan fingerprint density at radius 2 is 1.90 bits per heavy atom. The maximum Gasteiger partial charge on any atom is 0.391 e. The fourth-order valence-electron chi connectivity index (χ4n) is 2.49. The second-order valence-corrected chi connectivity index (χ2v) is 4.96. The highest BCUT2D eigenvalue weighted by Gasteiger charge is 2.43. The van der Waals surface area contributed by atoms with Crippen LogP contribution in [0.3, 0.4) is 0 Å². The van der Waals surface area contributed by atoms with Gasteiger partial charge in [-0.15, -0.1) is 0 Å². The van der Waals surface area contributed by atoms with Crippen LogP contribution in [0.15, 0.2) is 6.33 Å². The van der Waals surface area contributed by atoms with Gasteiger partial charge in [-0.2, -0.15) is 13.2 Å². The fraction of sp³-hybridized carbons (Fsp3) is 0.636. The molecule has 0 aliphatic heterocycles. The van der Waals surface area contributed by atoms with E-state index in [1.54, 1.807) is 0 Å². The van der Waals surface area contributed by atoms with Crippen LogP contribution in [0.5, 0.6) is 0 Å². The van der Waals surface area contributed by atoms with Crippen molar-refractivity contribution in [2.75, 3.05) is 16.5 Å².